The molecule has 0 saturated heterocycles. The summed E-state index contributed by atoms with van der Waals surface area (Å²) in [5.74, 6) is 3.28. The standard InChI is InChI=1S/C37H54N14O2S2/c1-8-34(52)41-28-10-12-30(32(26-28)43-45-36-40-16-19-49(36)5)38-14-17-47(3)22-24-54-55-25-23-48(4)18-15-39-31-13-11-29(42-35(53)9-2)27-33(31)44-46-37-50(6)20-21-51(37)7/h10-13,16,19-21,26-27H,8-9,14-15,17-18,22-25H2,1-7H3,(H3,38,39,40,41,42,43,44,45,52,53)/p+2. The zero-order valence-corrected chi connectivity index (χ0v) is 34.6. The van der Waals surface area contributed by atoms with Gasteiger partial charge in [0.15, 0.2) is 0 Å². The van der Waals surface area contributed by atoms with Crippen LogP contribution in [0.1, 0.15) is 26.7 Å². The zero-order chi connectivity index (χ0) is 39.6. The summed E-state index contributed by atoms with van der Waals surface area (Å²) in [6.45, 7) is 8.80. The lowest BCUT2D eigenvalue weighted by Crippen LogP contribution is -2.27. The second-order valence-corrected chi connectivity index (χ2v) is 15.7. The lowest BCUT2D eigenvalue weighted by Gasteiger charge is -2.18. The first-order chi connectivity index (χ1) is 26.6. The Labute approximate surface area is 332 Å². The van der Waals surface area contributed by atoms with Crippen LogP contribution in [0.25, 0.3) is 0 Å². The number of aromatic nitrogens is 4. The third-order valence-electron chi connectivity index (χ3n) is 8.51. The topological polar surface area (TPSA) is 167 Å². The molecule has 296 valence electrons. The van der Waals surface area contributed by atoms with E-state index in [9.17, 15) is 9.59 Å². The Bertz CT molecular complexity index is 1870. The van der Waals surface area contributed by atoms with E-state index in [4.69, 9.17) is 0 Å². The summed E-state index contributed by atoms with van der Waals surface area (Å²) >= 11 is 0. The molecular formula is C37H56N14O2S2+2. The molecule has 2 amide bonds. The number of carbonyl (C=O) groups is 2. The summed E-state index contributed by atoms with van der Waals surface area (Å²) in [6.07, 6.45) is 8.32. The van der Waals surface area contributed by atoms with Crippen molar-refractivity contribution < 1.29 is 18.7 Å². The van der Waals surface area contributed by atoms with Crippen LogP contribution in [0, 0.1) is 0 Å². The molecule has 16 nitrogen and oxygen atoms in total. The van der Waals surface area contributed by atoms with Crippen molar-refractivity contribution in [3.63, 3.8) is 0 Å². The number of hydrogen-bond donors (Lipinski definition) is 5. The highest BCUT2D eigenvalue weighted by molar-refractivity contribution is 8.76. The van der Waals surface area contributed by atoms with Crippen LogP contribution in [0.5, 0.6) is 0 Å². The molecule has 2 aromatic heterocycles. The Morgan fingerprint density at radius 1 is 0.745 bits per heavy atom. The lowest BCUT2D eigenvalue weighted by molar-refractivity contribution is -0.657. The summed E-state index contributed by atoms with van der Waals surface area (Å²) in [5.41, 5.74) is 4.39. The van der Waals surface area contributed by atoms with Crippen molar-refractivity contribution in [2.24, 2.45) is 41.6 Å². The van der Waals surface area contributed by atoms with Gasteiger partial charge in [-0.3, -0.25) is 9.59 Å². The van der Waals surface area contributed by atoms with Crippen LogP contribution < -0.4 is 30.4 Å². The fraction of sp³-hybridized carbons (Fsp3) is 0.459. The highest BCUT2D eigenvalue weighted by atomic mass is 33.1. The smallest absolute Gasteiger partial charge is 0.382 e. The lowest BCUT2D eigenvalue weighted by atomic mass is 10.2. The number of carbonyl (C=O) groups excluding carboxylic acids is 2. The molecule has 0 fully saturated rings. The summed E-state index contributed by atoms with van der Waals surface area (Å²) in [5, 5.41) is 30.6. The van der Waals surface area contributed by atoms with E-state index < -0.39 is 0 Å². The van der Waals surface area contributed by atoms with Crippen LogP contribution in [-0.2, 0) is 30.7 Å². The van der Waals surface area contributed by atoms with Crippen LogP contribution >= 0.6 is 21.6 Å². The van der Waals surface area contributed by atoms with Gasteiger partial charge in [0.25, 0.3) is 0 Å². The van der Waals surface area contributed by atoms with Gasteiger partial charge in [0.05, 0.1) is 57.3 Å². The number of hydrogen-bond acceptors (Lipinski definition) is 12. The van der Waals surface area contributed by atoms with Crippen molar-refractivity contribution in [3.05, 3.63) is 61.2 Å². The maximum Gasteiger partial charge on any atom is 0.421 e. The molecule has 5 N–H and O–H groups in total. The van der Waals surface area contributed by atoms with E-state index in [1.54, 1.807) is 6.20 Å². The van der Waals surface area contributed by atoms with Gasteiger partial charge in [-0.15, -0.1) is 0 Å². The van der Waals surface area contributed by atoms with Gasteiger partial charge < -0.3 is 31.1 Å². The minimum absolute atomic E-state index is 0.0495. The van der Waals surface area contributed by atoms with E-state index in [1.165, 1.54) is 0 Å². The number of aryl methyl sites for hydroxylation is 3. The van der Waals surface area contributed by atoms with Gasteiger partial charge in [-0.2, -0.15) is 0 Å². The van der Waals surface area contributed by atoms with E-state index in [0.29, 0.717) is 47.5 Å². The second-order valence-electron chi connectivity index (χ2n) is 13.0. The number of rotatable bonds is 23. The van der Waals surface area contributed by atoms with E-state index >= 15 is 0 Å². The SMILES string of the molecule is CCC(=O)Nc1ccc(NCCN(C)CCSSCCN(C)CCNc2ccc(NC(=O)CC)cc2N=Nc2n(C)cc[n+]2C)c(N=Nc2[nH]cc[n+]2C)c1. The van der Waals surface area contributed by atoms with Crippen molar-refractivity contribution in [1.82, 2.24) is 19.4 Å². The second kappa shape index (κ2) is 22.6. The van der Waals surface area contributed by atoms with E-state index in [0.717, 1.165) is 62.1 Å². The zero-order valence-electron chi connectivity index (χ0n) is 33.0. The predicted octanol–water partition coefficient (Wildman–Crippen LogP) is 6.30. The Kier molecular flexibility index (Phi) is 17.6. The molecule has 4 aromatic rings. The summed E-state index contributed by atoms with van der Waals surface area (Å²) < 4.78 is 5.65. The van der Waals surface area contributed by atoms with Gasteiger partial charge in [-0.05, 0) is 50.5 Å². The normalized spacial score (nSPS) is 11.7. The first kappa shape index (κ1) is 43.0. The van der Waals surface area contributed by atoms with Gasteiger partial charge >= 0.3 is 11.9 Å². The minimum atomic E-state index is -0.0521. The van der Waals surface area contributed by atoms with E-state index in [1.807, 2.05) is 125 Å². The molecule has 55 heavy (non-hydrogen) atoms. The number of benzene rings is 2. The maximum absolute atomic E-state index is 12.0. The van der Waals surface area contributed by atoms with Gasteiger partial charge in [0, 0.05) is 85.2 Å². The molecule has 0 radical (unpaired) electrons. The average Bonchev–Trinajstić information content (AvgIpc) is 3.74. The number of H-pyrrole nitrogens is 1. The van der Waals surface area contributed by atoms with Crippen LogP contribution in [0.4, 0.5) is 46.0 Å². The Balaban J connectivity index is 1.15. The van der Waals surface area contributed by atoms with E-state index in [2.05, 4.69) is 70.6 Å². The molecule has 4 rings (SSSR count). The number of nitrogens with one attached hydrogen (secondary N) is 5. The average molecular weight is 793 g/mol. The first-order valence-corrected chi connectivity index (χ1v) is 20.9. The monoisotopic (exact) mass is 792 g/mol. The van der Waals surface area contributed by atoms with Crippen LogP contribution in [0.2, 0.25) is 0 Å². The van der Waals surface area contributed by atoms with Crippen molar-refractivity contribution >= 4 is 79.4 Å². The predicted molar refractivity (Wildman–Crippen MR) is 225 cm³/mol. The molecule has 0 aliphatic rings. The highest BCUT2D eigenvalue weighted by Gasteiger charge is 2.14. The molecule has 0 bridgehead atoms. The summed E-state index contributed by atoms with van der Waals surface area (Å²) in [7, 11) is 13.8. The van der Waals surface area contributed by atoms with Gasteiger partial charge in [-0.25, -0.2) is 18.7 Å². The Morgan fingerprint density at radius 3 is 1.73 bits per heavy atom. The van der Waals surface area contributed by atoms with Crippen molar-refractivity contribution in [1.29, 1.82) is 0 Å². The van der Waals surface area contributed by atoms with Crippen LogP contribution in [-0.4, -0.2) is 96.0 Å². The quantitative estimate of drug-likeness (QED) is 0.0253. The van der Waals surface area contributed by atoms with E-state index in [-0.39, 0.29) is 11.8 Å². The third-order valence-corrected chi connectivity index (χ3v) is 10.9. The minimum Gasteiger partial charge on any atom is -0.382 e. The van der Waals surface area contributed by atoms with Gasteiger partial charge in [-0.1, -0.05) is 45.7 Å². The molecule has 0 saturated carbocycles. The molecule has 2 aromatic carbocycles. The fourth-order valence-corrected chi connectivity index (χ4v) is 7.25. The number of azo groups is 2. The number of aromatic amines is 1. The Morgan fingerprint density at radius 2 is 1.27 bits per heavy atom. The van der Waals surface area contributed by atoms with Gasteiger partial charge in [0.2, 0.25) is 11.8 Å². The summed E-state index contributed by atoms with van der Waals surface area (Å²) in [6, 6.07) is 11.3. The molecule has 0 aliphatic heterocycles. The van der Waals surface area contributed by atoms with Crippen molar-refractivity contribution in [2.45, 2.75) is 26.7 Å². The third kappa shape index (κ3) is 14.4. The molecule has 0 aliphatic carbocycles. The highest BCUT2D eigenvalue weighted by Crippen LogP contribution is 2.31. The van der Waals surface area contributed by atoms with Crippen molar-refractivity contribution in [2.75, 3.05) is 86.1 Å². The number of imidazole rings is 2. The Hall–Kier alpha value is -4.78. The van der Waals surface area contributed by atoms with Crippen LogP contribution in [0.3, 0.4) is 0 Å². The number of nitrogens with zero attached hydrogens (tertiary/aromatic N) is 9. The molecule has 0 unspecified atom stereocenters. The molecule has 0 atom stereocenters. The molecule has 0 spiro atoms. The molecule has 18 heteroatoms. The number of likely N-dealkylation sites (N-methyl/N-ethyl adjacent to an activating group) is 2. The molecular weight excluding hydrogens is 737 g/mol. The number of anilines is 4. The van der Waals surface area contributed by atoms with Crippen molar-refractivity contribution in [3.8, 4) is 0 Å². The first-order valence-electron chi connectivity index (χ1n) is 18.4. The molecule has 2 heterocycles. The number of amides is 2. The van der Waals surface area contributed by atoms with Gasteiger partial charge in [0.1, 0.15) is 11.4 Å². The fourth-order valence-electron chi connectivity index (χ4n) is 5.09. The largest absolute Gasteiger partial charge is 0.421 e. The summed E-state index contributed by atoms with van der Waals surface area (Å²) in [4.78, 5) is 31.6. The maximum atomic E-state index is 12.0. The van der Waals surface area contributed by atoms with Crippen LogP contribution in [0.15, 0.2) is 81.6 Å².